The van der Waals surface area contributed by atoms with Crippen molar-refractivity contribution < 1.29 is 4.79 Å². The molecular weight excluding hydrogens is 178 g/mol. The summed E-state index contributed by atoms with van der Waals surface area (Å²) in [5, 5.41) is 2.84. The molecule has 1 aliphatic carbocycles. The Bertz CT molecular complexity index is 330. The van der Waals surface area contributed by atoms with E-state index < -0.39 is 0 Å². The summed E-state index contributed by atoms with van der Waals surface area (Å²) in [6, 6.07) is 0.164. The van der Waals surface area contributed by atoms with Gasteiger partial charge in [-0.05, 0) is 19.3 Å². The van der Waals surface area contributed by atoms with Gasteiger partial charge in [0.2, 0.25) is 5.91 Å². The van der Waals surface area contributed by atoms with Gasteiger partial charge in [0.1, 0.15) is 5.84 Å². The van der Waals surface area contributed by atoms with Crippen LogP contribution in [0.25, 0.3) is 0 Å². The molecule has 3 rings (SSSR count). The lowest BCUT2D eigenvalue weighted by molar-refractivity contribution is -0.124. The molecule has 4 heteroatoms. The molecule has 1 saturated heterocycles. The van der Waals surface area contributed by atoms with Crippen molar-refractivity contribution in [1.82, 2.24) is 5.32 Å². The molecule has 0 aromatic heterocycles. The number of piperidine rings is 1. The summed E-state index contributed by atoms with van der Waals surface area (Å²) < 4.78 is 0. The highest BCUT2D eigenvalue weighted by atomic mass is 16.2. The maximum absolute atomic E-state index is 11.4. The van der Waals surface area contributed by atoms with Gasteiger partial charge in [0.25, 0.3) is 0 Å². The van der Waals surface area contributed by atoms with Crippen molar-refractivity contribution in [2.24, 2.45) is 21.8 Å². The van der Waals surface area contributed by atoms with Gasteiger partial charge in [-0.3, -0.25) is 9.79 Å². The van der Waals surface area contributed by atoms with Crippen LogP contribution in [0.5, 0.6) is 0 Å². The van der Waals surface area contributed by atoms with Crippen molar-refractivity contribution >= 4 is 18.0 Å². The van der Waals surface area contributed by atoms with Crippen LogP contribution in [-0.2, 0) is 4.79 Å². The monoisotopic (exact) mass is 191 g/mol. The molecule has 4 nitrogen and oxygen atoms in total. The largest absolute Gasteiger partial charge is 0.355 e. The fraction of sp³-hybridized carbons (Fsp3) is 0.700. The lowest BCUT2D eigenvalue weighted by Gasteiger charge is -2.28. The maximum Gasteiger partial charge on any atom is 0.230 e. The van der Waals surface area contributed by atoms with E-state index in [-0.39, 0.29) is 17.9 Å². The number of hydrogen-bond donors (Lipinski definition) is 1. The number of aliphatic imine (C=N–C) groups is 2. The number of amidine groups is 1. The number of carbonyl (C=O) groups is 1. The van der Waals surface area contributed by atoms with Gasteiger partial charge in [-0.2, -0.15) is 0 Å². The van der Waals surface area contributed by atoms with Crippen molar-refractivity contribution in [3.05, 3.63) is 0 Å². The SMILES string of the molecule is O=C1NCCC2N=C(C3CC3)N=CC12. The van der Waals surface area contributed by atoms with Crippen molar-refractivity contribution in [3.63, 3.8) is 0 Å². The first-order valence-corrected chi connectivity index (χ1v) is 5.24. The number of rotatable bonds is 1. The molecular formula is C10H13N3O. The summed E-state index contributed by atoms with van der Waals surface area (Å²) in [7, 11) is 0. The summed E-state index contributed by atoms with van der Waals surface area (Å²) in [5.41, 5.74) is 0. The van der Waals surface area contributed by atoms with E-state index in [0.29, 0.717) is 5.92 Å². The highest BCUT2D eigenvalue weighted by molar-refractivity contribution is 6.03. The second-order valence-corrected chi connectivity index (χ2v) is 4.21. The minimum Gasteiger partial charge on any atom is -0.355 e. The number of nitrogens with zero attached hydrogens (tertiary/aromatic N) is 2. The molecule has 3 aliphatic rings. The third-order valence-electron chi connectivity index (χ3n) is 3.06. The molecule has 1 saturated carbocycles. The van der Waals surface area contributed by atoms with Gasteiger partial charge < -0.3 is 5.32 Å². The standard InChI is InChI=1S/C10H13N3O/c14-10-7-5-12-9(6-1-2-6)13-8(7)3-4-11-10/h5-8H,1-4H2,(H,11,14). The number of amides is 1. The Kier molecular flexibility index (Phi) is 1.69. The van der Waals surface area contributed by atoms with E-state index in [4.69, 9.17) is 0 Å². The van der Waals surface area contributed by atoms with Crippen molar-refractivity contribution in [3.8, 4) is 0 Å². The Morgan fingerprint density at radius 1 is 1.36 bits per heavy atom. The van der Waals surface area contributed by atoms with Crippen LogP contribution in [0.15, 0.2) is 9.98 Å². The fourth-order valence-corrected chi connectivity index (χ4v) is 2.04. The van der Waals surface area contributed by atoms with E-state index in [1.165, 1.54) is 12.8 Å². The average Bonchev–Trinajstić information content (AvgIpc) is 3.01. The molecule has 0 spiro atoms. The molecule has 0 bridgehead atoms. The quantitative estimate of drug-likeness (QED) is 0.640. The summed E-state index contributed by atoms with van der Waals surface area (Å²) in [6.07, 6.45) is 5.19. The molecule has 2 atom stereocenters. The van der Waals surface area contributed by atoms with Crippen LogP contribution in [0.2, 0.25) is 0 Å². The van der Waals surface area contributed by atoms with Crippen LogP contribution in [0, 0.1) is 11.8 Å². The Labute approximate surface area is 82.5 Å². The molecule has 0 aromatic carbocycles. The van der Waals surface area contributed by atoms with Crippen LogP contribution >= 0.6 is 0 Å². The number of hydrogen-bond acceptors (Lipinski definition) is 3. The topological polar surface area (TPSA) is 53.8 Å². The first-order chi connectivity index (χ1) is 6.84. The normalized spacial score (nSPS) is 36.0. The van der Waals surface area contributed by atoms with Crippen LogP contribution < -0.4 is 5.32 Å². The predicted molar refractivity (Wildman–Crippen MR) is 53.6 cm³/mol. The summed E-state index contributed by atoms with van der Waals surface area (Å²) >= 11 is 0. The Morgan fingerprint density at radius 3 is 3.00 bits per heavy atom. The highest BCUT2D eigenvalue weighted by Gasteiger charge is 2.36. The molecule has 1 N–H and O–H groups in total. The van der Waals surface area contributed by atoms with E-state index in [0.717, 1.165) is 18.8 Å². The molecule has 0 radical (unpaired) electrons. The zero-order chi connectivity index (χ0) is 9.54. The van der Waals surface area contributed by atoms with Gasteiger partial charge in [0.15, 0.2) is 0 Å². The zero-order valence-corrected chi connectivity index (χ0v) is 7.94. The van der Waals surface area contributed by atoms with E-state index in [2.05, 4.69) is 15.3 Å². The lowest BCUT2D eigenvalue weighted by Crippen LogP contribution is -2.46. The van der Waals surface area contributed by atoms with Crippen molar-refractivity contribution in [1.29, 1.82) is 0 Å². The Hall–Kier alpha value is -1.19. The molecule has 1 amide bonds. The predicted octanol–water partition coefficient (Wildman–Crippen LogP) is 0.384. The van der Waals surface area contributed by atoms with Gasteiger partial charge in [-0.1, -0.05) is 0 Å². The lowest BCUT2D eigenvalue weighted by atomic mass is 9.93. The molecule has 2 fully saturated rings. The van der Waals surface area contributed by atoms with Gasteiger partial charge in [0, 0.05) is 18.7 Å². The second kappa shape index (κ2) is 2.90. The number of nitrogens with one attached hydrogen (secondary N) is 1. The van der Waals surface area contributed by atoms with Crippen molar-refractivity contribution in [2.45, 2.75) is 25.3 Å². The van der Waals surface area contributed by atoms with Gasteiger partial charge in [0.05, 0.1) is 12.0 Å². The van der Waals surface area contributed by atoms with Crippen LogP contribution in [0.3, 0.4) is 0 Å². The third-order valence-corrected chi connectivity index (χ3v) is 3.06. The van der Waals surface area contributed by atoms with E-state index in [1.807, 2.05) is 0 Å². The van der Waals surface area contributed by atoms with Crippen LogP contribution in [-0.4, -0.2) is 30.5 Å². The van der Waals surface area contributed by atoms with Gasteiger partial charge in [-0.15, -0.1) is 0 Å². The number of fused-ring (bicyclic) bond motifs is 1. The smallest absolute Gasteiger partial charge is 0.230 e. The Balaban J connectivity index is 1.83. The summed E-state index contributed by atoms with van der Waals surface area (Å²) in [4.78, 5) is 20.3. The van der Waals surface area contributed by atoms with Gasteiger partial charge >= 0.3 is 0 Å². The molecule has 2 unspecified atom stereocenters. The molecule has 2 heterocycles. The average molecular weight is 191 g/mol. The fourth-order valence-electron chi connectivity index (χ4n) is 2.04. The minimum atomic E-state index is -0.105. The molecule has 0 aromatic rings. The Morgan fingerprint density at radius 2 is 2.21 bits per heavy atom. The summed E-state index contributed by atoms with van der Waals surface area (Å²) in [6.45, 7) is 0.759. The van der Waals surface area contributed by atoms with Gasteiger partial charge in [-0.25, -0.2) is 4.99 Å². The van der Waals surface area contributed by atoms with Crippen molar-refractivity contribution in [2.75, 3.05) is 6.54 Å². The zero-order valence-electron chi connectivity index (χ0n) is 7.94. The van der Waals surface area contributed by atoms with Crippen LogP contribution in [0.1, 0.15) is 19.3 Å². The third kappa shape index (κ3) is 1.25. The van der Waals surface area contributed by atoms with E-state index in [1.54, 1.807) is 6.21 Å². The summed E-state index contributed by atoms with van der Waals surface area (Å²) in [5.74, 6) is 1.56. The minimum absolute atomic E-state index is 0.0867. The first kappa shape index (κ1) is 8.15. The van der Waals surface area contributed by atoms with E-state index >= 15 is 0 Å². The molecule has 14 heavy (non-hydrogen) atoms. The second-order valence-electron chi connectivity index (χ2n) is 4.21. The highest BCUT2D eigenvalue weighted by Crippen LogP contribution is 2.33. The number of carbonyl (C=O) groups excluding carboxylic acids is 1. The van der Waals surface area contributed by atoms with E-state index in [9.17, 15) is 4.79 Å². The first-order valence-electron chi connectivity index (χ1n) is 5.24. The maximum atomic E-state index is 11.4. The molecule has 2 aliphatic heterocycles. The van der Waals surface area contributed by atoms with Crippen LogP contribution in [0.4, 0.5) is 0 Å². The molecule has 74 valence electrons.